The minimum Gasteiger partial charge on any atom is -0.381 e. The molecule has 0 spiro atoms. The number of ether oxygens (including phenoxy) is 1. The maximum Gasteiger partial charge on any atom is 0.0506 e. The molecule has 2 heteroatoms. The molecule has 1 saturated heterocycles. The van der Waals surface area contributed by atoms with E-state index in [9.17, 15) is 0 Å². The van der Waals surface area contributed by atoms with Crippen LogP contribution in [0.4, 0.5) is 0 Å². The average Bonchev–Trinajstić information content (AvgIpc) is 2.31. The van der Waals surface area contributed by atoms with Gasteiger partial charge >= 0.3 is 0 Å². The highest BCUT2D eigenvalue weighted by atomic mass is 16.5. The van der Waals surface area contributed by atoms with Crippen LogP contribution >= 0.6 is 0 Å². The second kappa shape index (κ2) is 3.94. The van der Waals surface area contributed by atoms with Crippen LogP contribution in [0.15, 0.2) is 0 Å². The Balaban J connectivity index is 2.06. The van der Waals surface area contributed by atoms with Crippen molar-refractivity contribution in [2.24, 2.45) is 5.92 Å². The molecular formula is C8H17NO. The van der Waals surface area contributed by atoms with Gasteiger partial charge < -0.3 is 9.64 Å². The molecule has 1 atom stereocenters. The zero-order chi connectivity index (χ0) is 7.40. The van der Waals surface area contributed by atoms with Gasteiger partial charge in [0.2, 0.25) is 0 Å². The number of nitrogens with zero attached hydrogens (tertiary/aromatic N) is 1. The van der Waals surface area contributed by atoms with Crippen molar-refractivity contribution in [1.82, 2.24) is 4.90 Å². The van der Waals surface area contributed by atoms with E-state index >= 15 is 0 Å². The van der Waals surface area contributed by atoms with Gasteiger partial charge in [0.1, 0.15) is 0 Å². The largest absolute Gasteiger partial charge is 0.381 e. The second-order valence-corrected chi connectivity index (χ2v) is 3.08. The van der Waals surface area contributed by atoms with E-state index in [0.29, 0.717) is 0 Å². The minimum atomic E-state index is 0.796. The molecule has 1 aliphatic rings. The molecule has 0 saturated carbocycles. The van der Waals surface area contributed by atoms with Crippen LogP contribution in [-0.2, 0) is 4.74 Å². The van der Waals surface area contributed by atoms with Crippen molar-refractivity contribution in [3.63, 3.8) is 0 Å². The summed E-state index contributed by atoms with van der Waals surface area (Å²) < 4.78 is 5.34. The van der Waals surface area contributed by atoms with Gasteiger partial charge in [-0.15, -0.1) is 0 Å². The first kappa shape index (κ1) is 8.02. The van der Waals surface area contributed by atoms with E-state index in [1.54, 1.807) is 0 Å². The SMILES string of the molecule is CCOC[C@H]1CCN(C)C1. The molecule has 0 bridgehead atoms. The summed E-state index contributed by atoms with van der Waals surface area (Å²) in [7, 11) is 2.17. The molecule has 0 unspecified atom stereocenters. The lowest BCUT2D eigenvalue weighted by molar-refractivity contribution is 0.113. The standard InChI is InChI=1S/C8H17NO/c1-3-10-7-8-4-5-9(2)6-8/h8H,3-7H2,1-2H3/t8-/m0/s1. The van der Waals surface area contributed by atoms with Gasteiger partial charge in [-0.3, -0.25) is 0 Å². The summed E-state index contributed by atoms with van der Waals surface area (Å²) >= 11 is 0. The first-order valence-corrected chi connectivity index (χ1v) is 4.09. The Labute approximate surface area is 63.2 Å². The molecule has 1 heterocycles. The molecule has 0 radical (unpaired) electrons. The van der Waals surface area contributed by atoms with E-state index in [4.69, 9.17) is 4.74 Å². The predicted molar refractivity (Wildman–Crippen MR) is 42.1 cm³/mol. The first-order chi connectivity index (χ1) is 4.83. The van der Waals surface area contributed by atoms with Crippen molar-refractivity contribution in [2.45, 2.75) is 13.3 Å². The molecule has 10 heavy (non-hydrogen) atoms. The van der Waals surface area contributed by atoms with Gasteiger partial charge in [0.25, 0.3) is 0 Å². The molecule has 0 aromatic rings. The Morgan fingerprint density at radius 1 is 1.60 bits per heavy atom. The van der Waals surface area contributed by atoms with Gasteiger partial charge in [-0.05, 0) is 32.9 Å². The van der Waals surface area contributed by atoms with Crippen LogP contribution in [0.1, 0.15) is 13.3 Å². The molecule has 2 nitrogen and oxygen atoms in total. The minimum absolute atomic E-state index is 0.796. The Morgan fingerprint density at radius 3 is 2.90 bits per heavy atom. The Bertz CT molecular complexity index is 95.3. The zero-order valence-electron chi connectivity index (χ0n) is 6.97. The molecule has 0 N–H and O–H groups in total. The number of likely N-dealkylation sites (tertiary alicyclic amines) is 1. The summed E-state index contributed by atoms with van der Waals surface area (Å²) in [5.74, 6) is 0.796. The van der Waals surface area contributed by atoms with Crippen molar-refractivity contribution < 1.29 is 4.74 Å². The van der Waals surface area contributed by atoms with Crippen LogP contribution in [0.3, 0.4) is 0 Å². The summed E-state index contributed by atoms with van der Waals surface area (Å²) in [6.45, 7) is 6.34. The predicted octanol–water partition coefficient (Wildman–Crippen LogP) is 0.975. The third kappa shape index (κ3) is 2.27. The van der Waals surface area contributed by atoms with Crippen molar-refractivity contribution >= 4 is 0 Å². The maximum absolute atomic E-state index is 5.34. The monoisotopic (exact) mass is 143 g/mol. The number of hydrogen-bond acceptors (Lipinski definition) is 2. The van der Waals surface area contributed by atoms with Crippen LogP contribution in [0.25, 0.3) is 0 Å². The first-order valence-electron chi connectivity index (χ1n) is 4.09. The van der Waals surface area contributed by atoms with E-state index in [1.807, 2.05) is 0 Å². The Kier molecular flexibility index (Phi) is 3.16. The summed E-state index contributed by atoms with van der Waals surface area (Å²) in [5.41, 5.74) is 0. The van der Waals surface area contributed by atoms with Crippen LogP contribution in [0.2, 0.25) is 0 Å². The van der Waals surface area contributed by atoms with E-state index in [0.717, 1.165) is 19.1 Å². The Morgan fingerprint density at radius 2 is 2.40 bits per heavy atom. The van der Waals surface area contributed by atoms with Gasteiger partial charge in [0, 0.05) is 13.2 Å². The molecule has 0 amide bonds. The van der Waals surface area contributed by atoms with Gasteiger partial charge in [-0.1, -0.05) is 0 Å². The number of hydrogen-bond donors (Lipinski definition) is 0. The maximum atomic E-state index is 5.34. The highest BCUT2D eigenvalue weighted by Gasteiger charge is 2.18. The van der Waals surface area contributed by atoms with Gasteiger partial charge in [-0.25, -0.2) is 0 Å². The van der Waals surface area contributed by atoms with Crippen LogP contribution < -0.4 is 0 Å². The molecule has 1 rings (SSSR count). The smallest absolute Gasteiger partial charge is 0.0506 e. The average molecular weight is 143 g/mol. The van der Waals surface area contributed by atoms with Crippen molar-refractivity contribution in [2.75, 3.05) is 33.4 Å². The Hall–Kier alpha value is -0.0800. The van der Waals surface area contributed by atoms with Crippen LogP contribution in [0, 0.1) is 5.92 Å². The highest BCUT2D eigenvalue weighted by Crippen LogP contribution is 2.13. The van der Waals surface area contributed by atoms with Crippen molar-refractivity contribution in [3.05, 3.63) is 0 Å². The third-order valence-electron chi connectivity index (χ3n) is 2.05. The molecule has 0 aromatic carbocycles. The fourth-order valence-corrected chi connectivity index (χ4v) is 1.45. The third-order valence-corrected chi connectivity index (χ3v) is 2.05. The fourth-order valence-electron chi connectivity index (χ4n) is 1.45. The van der Waals surface area contributed by atoms with Gasteiger partial charge in [0.05, 0.1) is 6.61 Å². The molecule has 1 fully saturated rings. The lowest BCUT2D eigenvalue weighted by Gasteiger charge is -2.09. The summed E-state index contributed by atoms with van der Waals surface area (Å²) in [5, 5.41) is 0. The van der Waals surface area contributed by atoms with E-state index in [-0.39, 0.29) is 0 Å². The fraction of sp³-hybridized carbons (Fsp3) is 1.00. The molecule has 1 aliphatic heterocycles. The van der Waals surface area contributed by atoms with E-state index in [2.05, 4.69) is 18.9 Å². The lowest BCUT2D eigenvalue weighted by Crippen LogP contribution is -2.16. The molecule has 0 aromatic heterocycles. The van der Waals surface area contributed by atoms with Crippen LogP contribution in [-0.4, -0.2) is 38.3 Å². The topological polar surface area (TPSA) is 12.5 Å². The molecule has 60 valence electrons. The summed E-state index contributed by atoms with van der Waals surface area (Å²) in [6, 6.07) is 0. The normalized spacial score (nSPS) is 27.6. The zero-order valence-corrected chi connectivity index (χ0v) is 6.97. The number of rotatable bonds is 3. The molecular weight excluding hydrogens is 126 g/mol. The lowest BCUT2D eigenvalue weighted by atomic mass is 10.1. The van der Waals surface area contributed by atoms with Crippen molar-refractivity contribution in [1.29, 1.82) is 0 Å². The van der Waals surface area contributed by atoms with Gasteiger partial charge in [-0.2, -0.15) is 0 Å². The van der Waals surface area contributed by atoms with Gasteiger partial charge in [0.15, 0.2) is 0 Å². The quantitative estimate of drug-likeness (QED) is 0.584. The molecule has 0 aliphatic carbocycles. The van der Waals surface area contributed by atoms with Crippen molar-refractivity contribution in [3.8, 4) is 0 Å². The van der Waals surface area contributed by atoms with E-state index < -0.39 is 0 Å². The summed E-state index contributed by atoms with van der Waals surface area (Å²) in [6.07, 6.45) is 1.32. The van der Waals surface area contributed by atoms with Crippen LogP contribution in [0.5, 0.6) is 0 Å². The highest BCUT2D eigenvalue weighted by molar-refractivity contribution is 4.71. The van der Waals surface area contributed by atoms with E-state index in [1.165, 1.54) is 19.5 Å². The second-order valence-electron chi connectivity index (χ2n) is 3.08. The summed E-state index contributed by atoms with van der Waals surface area (Å²) in [4.78, 5) is 2.36.